The Balaban J connectivity index is 3.10. The minimum Gasteiger partial charge on any atom is -0.496 e. The summed E-state index contributed by atoms with van der Waals surface area (Å²) in [6.45, 7) is 4.94. The summed E-state index contributed by atoms with van der Waals surface area (Å²) in [5, 5.41) is -0.0384. The van der Waals surface area contributed by atoms with E-state index in [1.165, 1.54) is 5.56 Å². The summed E-state index contributed by atoms with van der Waals surface area (Å²) in [7, 11) is 5.73. The van der Waals surface area contributed by atoms with E-state index in [2.05, 4.69) is 30.9 Å². The SMILES string of the molecule is COc1c(C)cc(C)cc1C(Cl)CN(C)C. The topological polar surface area (TPSA) is 12.5 Å². The van der Waals surface area contributed by atoms with Crippen LogP contribution in [0.5, 0.6) is 5.75 Å². The number of halogens is 1. The number of hydrogen-bond donors (Lipinski definition) is 0. The molecule has 1 aromatic rings. The second kappa shape index (κ2) is 5.55. The standard InChI is InChI=1S/C13H20ClNO/c1-9-6-10(2)13(16-5)11(7-9)12(14)8-15(3)4/h6-7,12H,8H2,1-5H3. The van der Waals surface area contributed by atoms with Crippen molar-refractivity contribution in [1.29, 1.82) is 0 Å². The van der Waals surface area contributed by atoms with Gasteiger partial charge in [0, 0.05) is 12.1 Å². The second-order valence-corrected chi connectivity index (χ2v) is 4.96. The molecule has 0 amide bonds. The summed E-state index contributed by atoms with van der Waals surface area (Å²) in [6.07, 6.45) is 0. The third-order valence-electron chi connectivity index (χ3n) is 2.51. The largest absolute Gasteiger partial charge is 0.496 e. The number of nitrogens with zero attached hydrogens (tertiary/aromatic N) is 1. The molecular formula is C13H20ClNO. The summed E-state index contributed by atoms with van der Waals surface area (Å²) >= 11 is 6.41. The lowest BCUT2D eigenvalue weighted by Crippen LogP contribution is -2.18. The first-order valence-electron chi connectivity index (χ1n) is 5.39. The van der Waals surface area contributed by atoms with Crippen molar-refractivity contribution in [2.75, 3.05) is 27.7 Å². The lowest BCUT2D eigenvalue weighted by molar-refractivity contribution is 0.386. The lowest BCUT2D eigenvalue weighted by Gasteiger charge is -2.19. The van der Waals surface area contributed by atoms with Crippen molar-refractivity contribution in [3.05, 3.63) is 28.8 Å². The van der Waals surface area contributed by atoms with Gasteiger partial charge in [0.25, 0.3) is 0 Å². The van der Waals surface area contributed by atoms with E-state index in [1.54, 1.807) is 7.11 Å². The Morgan fingerprint density at radius 1 is 1.31 bits per heavy atom. The van der Waals surface area contributed by atoms with E-state index in [4.69, 9.17) is 16.3 Å². The highest BCUT2D eigenvalue weighted by Crippen LogP contribution is 2.33. The number of alkyl halides is 1. The molecule has 0 spiro atoms. The number of aryl methyl sites for hydroxylation is 2. The fourth-order valence-corrected chi connectivity index (χ4v) is 2.36. The average molecular weight is 242 g/mol. The minimum absolute atomic E-state index is 0.0384. The van der Waals surface area contributed by atoms with Crippen molar-refractivity contribution in [2.45, 2.75) is 19.2 Å². The molecular weight excluding hydrogens is 222 g/mol. The predicted octanol–water partition coefficient (Wildman–Crippen LogP) is 3.15. The van der Waals surface area contributed by atoms with Gasteiger partial charge in [-0.3, -0.25) is 0 Å². The Morgan fingerprint density at radius 2 is 1.94 bits per heavy atom. The molecule has 1 aromatic carbocycles. The first-order chi connectivity index (χ1) is 7.45. The van der Waals surface area contributed by atoms with Crippen molar-refractivity contribution in [3.63, 3.8) is 0 Å². The minimum atomic E-state index is -0.0384. The molecule has 0 aliphatic heterocycles. The van der Waals surface area contributed by atoms with Gasteiger partial charge in [0.05, 0.1) is 12.5 Å². The maximum Gasteiger partial charge on any atom is 0.126 e. The first-order valence-corrected chi connectivity index (χ1v) is 5.83. The van der Waals surface area contributed by atoms with E-state index in [9.17, 15) is 0 Å². The molecule has 3 heteroatoms. The fourth-order valence-electron chi connectivity index (χ4n) is 1.92. The van der Waals surface area contributed by atoms with Crippen LogP contribution in [0.1, 0.15) is 22.1 Å². The molecule has 0 saturated heterocycles. The Hall–Kier alpha value is -0.730. The van der Waals surface area contributed by atoms with Gasteiger partial charge in [0.15, 0.2) is 0 Å². The molecule has 1 rings (SSSR count). The Labute approximate surface area is 103 Å². The molecule has 0 fully saturated rings. The Bertz CT molecular complexity index is 363. The highest BCUT2D eigenvalue weighted by Gasteiger charge is 2.16. The molecule has 0 N–H and O–H groups in total. The monoisotopic (exact) mass is 241 g/mol. The van der Waals surface area contributed by atoms with Crippen molar-refractivity contribution < 1.29 is 4.74 Å². The molecule has 1 atom stereocenters. The molecule has 0 bridgehead atoms. The molecule has 0 aliphatic rings. The Morgan fingerprint density at radius 3 is 2.44 bits per heavy atom. The van der Waals surface area contributed by atoms with Gasteiger partial charge in [-0.1, -0.05) is 17.7 Å². The van der Waals surface area contributed by atoms with E-state index < -0.39 is 0 Å². The van der Waals surface area contributed by atoms with E-state index >= 15 is 0 Å². The quantitative estimate of drug-likeness (QED) is 0.751. The zero-order valence-electron chi connectivity index (χ0n) is 10.7. The number of hydrogen-bond acceptors (Lipinski definition) is 2. The molecule has 0 aliphatic carbocycles. The number of methoxy groups -OCH3 is 1. The van der Waals surface area contributed by atoms with Gasteiger partial charge in [-0.15, -0.1) is 11.6 Å². The number of rotatable bonds is 4. The van der Waals surface area contributed by atoms with Gasteiger partial charge in [0.1, 0.15) is 5.75 Å². The number of benzene rings is 1. The third-order valence-corrected chi connectivity index (χ3v) is 2.89. The van der Waals surface area contributed by atoms with E-state index in [0.29, 0.717) is 0 Å². The molecule has 90 valence electrons. The summed E-state index contributed by atoms with van der Waals surface area (Å²) < 4.78 is 5.43. The van der Waals surface area contributed by atoms with Crippen LogP contribution >= 0.6 is 11.6 Å². The van der Waals surface area contributed by atoms with Crippen LogP contribution < -0.4 is 4.74 Å². The first kappa shape index (κ1) is 13.3. The molecule has 0 heterocycles. The molecule has 16 heavy (non-hydrogen) atoms. The summed E-state index contributed by atoms with van der Waals surface area (Å²) in [5.74, 6) is 0.910. The maximum atomic E-state index is 6.41. The van der Waals surface area contributed by atoms with Crippen LogP contribution in [0, 0.1) is 13.8 Å². The summed E-state index contributed by atoms with van der Waals surface area (Å²) in [6, 6.07) is 4.22. The summed E-state index contributed by atoms with van der Waals surface area (Å²) in [4.78, 5) is 2.08. The van der Waals surface area contributed by atoms with Gasteiger partial charge < -0.3 is 9.64 Å². The van der Waals surface area contributed by atoms with Crippen LogP contribution in [-0.4, -0.2) is 32.6 Å². The molecule has 2 nitrogen and oxygen atoms in total. The van der Waals surface area contributed by atoms with Gasteiger partial charge in [0.2, 0.25) is 0 Å². The predicted molar refractivity (Wildman–Crippen MR) is 69.6 cm³/mol. The van der Waals surface area contributed by atoms with Gasteiger partial charge in [-0.25, -0.2) is 0 Å². The maximum absolute atomic E-state index is 6.41. The number of likely N-dealkylation sites (N-methyl/N-ethyl adjacent to an activating group) is 1. The molecule has 0 radical (unpaired) electrons. The smallest absolute Gasteiger partial charge is 0.126 e. The highest BCUT2D eigenvalue weighted by molar-refractivity contribution is 6.21. The van der Waals surface area contributed by atoms with E-state index in [1.807, 2.05) is 14.1 Å². The van der Waals surface area contributed by atoms with Crippen LogP contribution in [0.25, 0.3) is 0 Å². The van der Waals surface area contributed by atoms with Crippen LogP contribution in [0.15, 0.2) is 12.1 Å². The van der Waals surface area contributed by atoms with Crippen molar-refractivity contribution in [2.24, 2.45) is 0 Å². The van der Waals surface area contributed by atoms with Crippen molar-refractivity contribution >= 4 is 11.6 Å². The van der Waals surface area contributed by atoms with E-state index in [0.717, 1.165) is 23.4 Å². The van der Waals surface area contributed by atoms with Gasteiger partial charge in [-0.2, -0.15) is 0 Å². The fraction of sp³-hybridized carbons (Fsp3) is 0.538. The van der Waals surface area contributed by atoms with Crippen LogP contribution in [0.3, 0.4) is 0 Å². The molecule has 0 aromatic heterocycles. The zero-order chi connectivity index (χ0) is 12.3. The molecule has 1 unspecified atom stereocenters. The van der Waals surface area contributed by atoms with Crippen LogP contribution in [0.2, 0.25) is 0 Å². The zero-order valence-corrected chi connectivity index (χ0v) is 11.4. The van der Waals surface area contributed by atoms with Crippen molar-refractivity contribution in [3.8, 4) is 5.75 Å². The second-order valence-electron chi connectivity index (χ2n) is 4.43. The highest BCUT2D eigenvalue weighted by atomic mass is 35.5. The lowest BCUT2D eigenvalue weighted by atomic mass is 10.0. The summed E-state index contributed by atoms with van der Waals surface area (Å²) in [5.41, 5.74) is 3.44. The van der Waals surface area contributed by atoms with E-state index in [-0.39, 0.29) is 5.38 Å². The average Bonchev–Trinajstić information content (AvgIpc) is 2.15. The van der Waals surface area contributed by atoms with Gasteiger partial charge >= 0.3 is 0 Å². The number of ether oxygens (including phenoxy) is 1. The Kier molecular flexibility index (Phi) is 4.63. The van der Waals surface area contributed by atoms with Crippen molar-refractivity contribution in [1.82, 2.24) is 4.90 Å². The van der Waals surface area contributed by atoms with Crippen LogP contribution in [-0.2, 0) is 0 Å². The molecule has 0 saturated carbocycles. The van der Waals surface area contributed by atoms with Gasteiger partial charge in [-0.05, 0) is 33.5 Å². The van der Waals surface area contributed by atoms with Crippen LogP contribution in [0.4, 0.5) is 0 Å². The third kappa shape index (κ3) is 3.13. The normalized spacial score (nSPS) is 12.9.